The number of halogens is 1. The van der Waals surface area contributed by atoms with Crippen LogP contribution in [-0.2, 0) is 0 Å². The summed E-state index contributed by atoms with van der Waals surface area (Å²) in [6.45, 7) is 0. The highest BCUT2D eigenvalue weighted by atomic mass is 35.5. The Labute approximate surface area is 97.9 Å². The van der Waals surface area contributed by atoms with Gasteiger partial charge in [0, 0.05) is 11.2 Å². The molecule has 1 heterocycles. The number of ether oxygens (including phenoxy) is 1. The highest BCUT2D eigenvalue weighted by Gasteiger charge is 2.03. The van der Waals surface area contributed by atoms with Gasteiger partial charge in [0.2, 0.25) is 0 Å². The van der Waals surface area contributed by atoms with Gasteiger partial charge in [0.25, 0.3) is 0 Å². The molecule has 0 aliphatic carbocycles. The molecule has 0 saturated heterocycles. The molecule has 0 spiro atoms. The van der Waals surface area contributed by atoms with E-state index >= 15 is 0 Å². The summed E-state index contributed by atoms with van der Waals surface area (Å²) in [7, 11) is 0. The summed E-state index contributed by atoms with van der Waals surface area (Å²) in [4.78, 5) is 3.90. The molecule has 2 rings (SSSR count). The number of aromatic nitrogens is 1. The monoisotopic (exact) mass is 230 g/mol. The van der Waals surface area contributed by atoms with Crippen molar-refractivity contribution >= 4 is 11.6 Å². The minimum absolute atomic E-state index is 0.437. The normalized spacial score (nSPS) is 9.50. The summed E-state index contributed by atoms with van der Waals surface area (Å²) in [5.74, 6) is 1.06. The van der Waals surface area contributed by atoms with Crippen LogP contribution in [0, 0.1) is 11.3 Å². The van der Waals surface area contributed by atoms with E-state index in [0.717, 1.165) is 0 Å². The molecule has 0 aliphatic heterocycles. The summed E-state index contributed by atoms with van der Waals surface area (Å²) in [6.07, 6.45) is 3.06. The van der Waals surface area contributed by atoms with E-state index in [1.165, 1.54) is 6.20 Å². The van der Waals surface area contributed by atoms with Crippen LogP contribution in [0.5, 0.6) is 11.5 Å². The Morgan fingerprint density at radius 2 is 1.94 bits per heavy atom. The van der Waals surface area contributed by atoms with Crippen LogP contribution in [0.1, 0.15) is 5.56 Å². The van der Waals surface area contributed by atoms with Gasteiger partial charge in [0.05, 0.1) is 11.8 Å². The molecule has 0 atom stereocenters. The Morgan fingerprint density at radius 1 is 1.19 bits per heavy atom. The molecule has 0 N–H and O–H groups in total. The van der Waals surface area contributed by atoms with Crippen molar-refractivity contribution in [3.05, 3.63) is 53.3 Å². The fourth-order valence-corrected chi connectivity index (χ4v) is 1.31. The van der Waals surface area contributed by atoms with Crippen molar-refractivity contribution in [3.63, 3.8) is 0 Å². The van der Waals surface area contributed by atoms with E-state index in [9.17, 15) is 0 Å². The fourth-order valence-electron chi connectivity index (χ4n) is 1.18. The fraction of sp³-hybridized carbons (Fsp3) is 0. The zero-order valence-corrected chi connectivity index (χ0v) is 8.98. The Kier molecular flexibility index (Phi) is 3.04. The van der Waals surface area contributed by atoms with Gasteiger partial charge in [-0.1, -0.05) is 11.6 Å². The Balaban J connectivity index is 2.27. The predicted molar refractivity (Wildman–Crippen MR) is 60.5 cm³/mol. The Hall–Kier alpha value is -2.05. The predicted octanol–water partition coefficient (Wildman–Crippen LogP) is 3.40. The molecule has 0 fully saturated rings. The molecule has 2 aromatic rings. The summed E-state index contributed by atoms with van der Waals surface area (Å²) >= 11 is 5.75. The van der Waals surface area contributed by atoms with Gasteiger partial charge in [-0.05, 0) is 30.3 Å². The van der Waals surface area contributed by atoms with Crippen molar-refractivity contribution in [1.29, 1.82) is 5.26 Å². The van der Waals surface area contributed by atoms with Gasteiger partial charge >= 0.3 is 0 Å². The molecule has 0 unspecified atom stereocenters. The standard InChI is InChI=1S/C12H7ClN2O/c13-10-1-3-11(4-2-10)16-12-8-15-6-5-9(12)7-14/h1-6,8H. The van der Waals surface area contributed by atoms with Gasteiger partial charge in [-0.2, -0.15) is 5.26 Å². The number of nitrogens with zero attached hydrogens (tertiary/aromatic N) is 2. The van der Waals surface area contributed by atoms with Crippen molar-refractivity contribution in [2.45, 2.75) is 0 Å². The first-order chi connectivity index (χ1) is 7.79. The molecule has 1 aromatic carbocycles. The van der Waals surface area contributed by atoms with E-state index in [1.54, 1.807) is 36.5 Å². The van der Waals surface area contributed by atoms with Gasteiger partial charge < -0.3 is 4.74 Å². The van der Waals surface area contributed by atoms with Crippen molar-refractivity contribution in [1.82, 2.24) is 4.98 Å². The number of nitriles is 1. The minimum Gasteiger partial charge on any atom is -0.454 e. The maximum atomic E-state index is 8.86. The summed E-state index contributed by atoms with van der Waals surface area (Å²) in [6, 6.07) is 10.5. The van der Waals surface area contributed by atoms with Crippen LogP contribution in [0.3, 0.4) is 0 Å². The van der Waals surface area contributed by atoms with Gasteiger partial charge in [-0.3, -0.25) is 4.98 Å². The van der Waals surface area contributed by atoms with Crippen LogP contribution in [0.15, 0.2) is 42.7 Å². The first-order valence-corrected chi connectivity index (χ1v) is 4.95. The second-order valence-electron chi connectivity index (χ2n) is 3.04. The molecule has 0 saturated carbocycles. The average Bonchev–Trinajstić information content (AvgIpc) is 2.33. The number of hydrogen-bond donors (Lipinski definition) is 0. The van der Waals surface area contributed by atoms with Crippen LogP contribution in [0.25, 0.3) is 0 Å². The molecule has 16 heavy (non-hydrogen) atoms. The van der Waals surface area contributed by atoms with E-state index in [2.05, 4.69) is 4.98 Å². The lowest BCUT2D eigenvalue weighted by Crippen LogP contribution is -1.88. The van der Waals surface area contributed by atoms with E-state index in [0.29, 0.717) is 22.1 Å². The summed E-state index contributed by atoms with van der Waals surface area (Å²) in [5, 5.41) is 9.50. The molecular formula is C12H7ClN2O. The number of rotatable bonds is 2. The van der Waals surface area contributed by atoms with Crippen molar-refractivity contribution in [2.24, 2.45) is 0 Å². The smallest absolute Gasteiger partial charge is 0.163 e. The molecule has 0 aliphatic rings. The van der Waals surface area contributed by atoms with Crippen LogP contribution >= 0.6 is 11.6 Å². The lowest BCUT2D eigenvalue weighted by atomic mass is 10.3. The highest BCUT2D eigenvalue weighted by molar-refractivity contribution is 6.30. The molecule has 0 amide bonds. The maximum absolute atomic E-state index is 8.86. The van der Waals surface area contributed by atoms with Crippen LogP contribution < -0.4 is 4.74 Å². The van der Waals surface area contributed by atoms with E-state index in [-0.39, 0.29) is 0 Å². The number of benzene rings is 1. The molecular weight excluding hydrogens is 224 g/mol. The lowest BCUT2D eigenvalue weighted by molar-refractivity contribution is 0.478. The minimum atomic E-state index is 0.437. The quantitative estimate of drug-likeness (QED) is 0.794. The first kappa shape index (κ1) is 10.5. The number of pyridine rings is 1. The third-order valence-corrected chi connectivity index (χ3v) is 2.20. The van der Waals surface area contributed by atoms with E-state index < -0.39 is 0 Å². The third-order valence-electron chi connectivity index (χ3n) is 1.95. The van der Waals surface area contributed by atoms with Gasteiger partial charge in [0.1, 0.15) is 11.8 Å². The van der Waals surface area contributed by atoms with Gasteiger partial charge in [-0.15, -0.1) is 0 Å². The van der Waals surface area contributed by atoms with E-state index in [1.807, 2.05) is 6.07 Å². The molecule has 3 nitrogen and oxygen atoms in total. The van der Waals surface area contributed by atoms with Crippen LogP contribution in [0.4, 0.5) is 0 Å². The average molecular weight is 231 g/mol. The zero-order valence-electron chi connectivity index (χ0n) is 8.22. The highest BCUT2D eigenvalue weighted by Crippen LogP contribution is 2.24. The summed E-state index contributed by atoms with van der Waals surface area (Å²) < 4.78 is 5.51. The zero-order chi connectivity index (χ0) is 11.4. The third kappa shape index (κ3) is 2.30. The topological polar surface area (TPSA) is 45.9 Å². The van der Waals surface area contributed by atoms with Crippen LogP contribution in [-0.4, -0.2) is 4.98 Å². The molecule has 0 bridgehead atoms. The maximum Gasteiger partial charge on any atom is 0.163 e. The SMILES string of the molecule is N#Cc1ccncc1Oc1ccc(Cl)cc1. The largest absolute Gasteiger partial charge is 0.454 e. The van der Waals surface area contributed by atoms with Crippen LogP contribution in [0.2, 0.25) is 5.02 Å². The molecule has 4 heteroatoms. The number of hydrogen-bond acceptors (Lipinski definition) is 3. The molecule has 78 valence electrons. The molecule has 0 radical (unpaired) electrons. The van der Waals surface area contributed by atoms with E-state index in [4.69, 9.17) is 21.6 Å². The second kappa shape index (κ2) is 4.65. The van der Waals surface area contributed by atoms with Gasteiger partial charge in [-0.25, -0.2) is 0 Å². The Morgan fingerprint density at radius 3 is 2.62 bits per heavy atom. The second-order valence-corrected chi connectivity index (χ2v) is 3.48. The molecule has 1 aromatic heterocycles. The first-order valence-electron chi connectivity index (χ1n) is 4.57. The van der Waals surface area contributed by atoms with Crippen molar-refractivity contribution in [3.8, 4) is 17.6 Å². The van der Waals surface area contributed by atoms with Gasteiger partial charge in [0.15, 0.2) is 5.75 Å². The lowest BCUT2D eigenvalue weighted by Gasteiger charge is -2.06. The van der Waals surface area contributed by atoms with Crippen molar-refractivity contribution in [2.75, 3.05) is 0 Å². The summed E-state index contributed by atoms with van der Waals surface area (Å²) in [5.41, 5.74) is 0.449. The van der Waals surface area contributed by atoms with Crippen molar-refractivity contribution < 1.29 is 4.74 Å². The Bertz CT molecular complexity index is 531.